The Balaban J connectivity index is 1.62. The predicted molar refractivity (Wildman–Crippen MR) is 127 cm³/mol. The number of piperazine rings is 1. The lowest BCUT2D eigenvalue weighted by atomic mass is 10.1. The molecule has 1 saturated carbocycles. The van der Waals surface area contributed by atoms with Gasteiger partial charge in [0.2, 0.25) is 11.9 Å². The van der Waals surface area contributed by atoms with Crippen molar-refractivity contribution in [3.8, 4) is 0 Å². The van der Waals surface area contributed by atoms with Crippen LogP contribution in [0.15, 0.2) is 31.0 Å². The lowest BCUT2D eigenvalue weighted by molar-refractivity contribution is -0.111. The molecule has 0 radical (unpaired) electrons. The van der Waals surface area contributed by atoms with Crippen molar-refractivity contribution in [3.63, 3.8) is 0 Å². The molecule has 1 saturated heterocycles. The second-order valence-corrected chi connectivity index (χ2v) is 8.51. The highest BCUT2D eigenvalue weighted by Gasteiger charge is 2.23. The van der Waals surface area contributed by atoms with Gasteiger partial charge in [0.15, 0.2) is 5.82 Å². The number of aromatic nitrogens is 2. The van der Waals surface area contributed by atoms with Crippen LogP contribution >= 0.6 is 11.6 Å². The van der Waals surface area contributed by atoms with Gasteiger partial charge in [-0.15, -0.1) is 0 Å². The van der Waals surface area contributed by atoms with Crippen molar-refractivity contribution in [2.24, 2.45) is 0 Å². The first-order valence-corrected chi connectivity index (χ1v) is 10.9. The van der Waals surface area contributed by atoms with Gasteiger partial charge in [0.05, 0.1) is 17.6 Å². The van der Waals surface area contributed by atoms with Crippen molar-refractivity contribution >= 4 is 46.3 Å². The van der Waals surface area contributed by atoms with E-state index in [9.17, 15) is 4.79 Å². The minimum atomic E-state index is -0.246. The molecule has 1 aliphatic heterocycles. The molecule has 31 heavy (non-hydrogen) atoms. The number of anilines is 5. The van der Waals surface area contributed by atoms with E-state index in [2.05, 4.69) is 55.4 Å². The van der Waals surface area contributed by atoms with Crippen LogP contribution in [0.2, 0.25) is 5.02 Å². The number of amides is 1. The summed E-state index contributed by atoms with van der Waals surface area (Å²) in [5.74, 6) is 0.835. The van der Waals surface area contributed by atoms with Gasteiger partial charge in [0.1, 0.15) is 5.02 Å². The van der Waals surface area contributed by atoms with E-state index >= 15 is 0 Å². The number of carbonyl (C=O) groups is 1. The zero-order valence-corrected chi connectivity index (χ0v) is 18.7. The molecule has 0 spiro atoms. The molecule has 1 aromatic carbocycles. The maximum atomic E-state index is 12.1. The van der Waals surface area contributed by atoms with E-state index < -0.39 is 0 Å². The summed E-state index contributed by atoms with van der Waals surface area (Å²) in [5, 5.41) is 10.1. The summed E-state index contributed by atoms with van der Waals surface area (Å²) in [7, 11) is 2.12. The van der Waals surface area contributed by atoms with Crippen LogP contribution in [-0.4, -0.2) is 60.0 Å². The standard InChI is InChI=1S/C22H28ClN7O/c1-4-20(31)26-18-12-17(14(2)11-19(18)30-9-7-29(3)8-10-30)27-22-24-13-16(23)21(28-22)25-15-5-6-15/h4,11-13,15H,1,5-10H2,2-3H3,(H,26,31)(H2,24,25,27,28). The van der Waals surface area contributed by atoms with E-state index in [4.69, 9.17) is 11.6 Å². The van der Waals surface area contributed by atoms with Gasteiger partial charge in [0.25, 0.3) is 0 Å². The maximum absolute atomic E-state index is 12.1. The average molecular weight is 442 g/mol. The fourth-order valence-electron chi connectivity index (χ4n) is 3.49. The zero-order valence-electron chi connectivity index (χ0n) is 17.9. The molecule has 2 aliphatic rings. The van der Waals surface area contributed by atoms with Crippen molar-refractivity contribution < 1.29 is 4.79 Å². The monoisotopic (exact) mass is 441 g/mol. The van der Waals surface area contributed by atoms with Gasteiger partial charge in [-0.25, -0.2) is 4.98 Å². The lowest BCUT2D eigenvalue weighted by Crippen LogP contribution is -2.44. The highest BCUT2D eigenvalue weighted by molar-refractivity contribution is 6.32. The van der Waals surface area contributed by atoms with Gasteiger partial charge in [-0.2, -0.15) is 4.98 Å². The number of hydrogen-bond donors (Lipinski definition) is 3. The molecule has 0 bridgehead atoms. The normalized spacial score (nSPS) is 16.7. The molecule has 2 fully saturated rings. The van der Waals surface area contributed by atoms with Crippen molar-refractivity contribution in [2.45, 2.75) is 25.8 Å². The summed E-state index contributed by atoms with van der Waals surface area (Å²) in [5.41, 5.74) is 3.57. The lowest BCUT2D eigenvalue weighted by Gasteiger charge is -2.35. The summed E-state index contributed by atoms with van der Waals surface area (Å²) >= 11 is 6.24. The minimum Gasteiger partial charge on any atom is -0.367 e. The molecule has 0 atom stereocenters. The van der Waals surface area contributed by atoms with Crippen LogP contribution in [0.4, 0.5) is 28.8 Å². The minimum absolute atomic E-state index is 0.246. The first-order valence-electron chi connectivity index (χ1n) is 10.5. The molecule has 2 heterocycles. The molecule has 1 aromatic heterocycles. The Hall–Kier alpha value is -2.84. The van der Waals surface area contributed by atoms with Crippen molar-refractivity contribution in [3.05, 3.63) is 41.6 Å². The number of nitrogens with one attached hydrogen (secondary N) is 3. The molecule has 0 unspecified atom stereocenters. The Morgan fingerprint density at radius 3 is 2.65 bits per heavy atom. The van der Waals surface area contributed by atoms with Gasteiger partial charge >= 0.3 is 0 Å². The number of halogens is 1. The Labute approximate surface area is 187 Å². The van der Waals surface area contributed by atoms with E-state index in [0.717, 1.165) is 61.6 Å². The molecule has 4 rings (SSSR count). The third-order valence-electron chi connectivity index (χ3n) is 5.54. The quantitative estimate of drug-likeness (QED) is 0.565. The molecule has 1 aliphatic carbocycles. The van der Waals surface area contributed by atoms with E-state index in [1.54, 1.807) is 6.20 Å². The molecule has 3 N–H and O–H groups in total. The smallest absolute Gasteiger partial charge is 0.247 e. The molecule has 9 heteroatoms. The summed E-state index contributed by atoms with van der Waals surface area (Å²) in [6.07, 6.45) is 5.12. The first kappa shape index (κ1) is 21.4. The van der Waals surface area contributed by atoms with Crippen LogP contribution in [0.25, 0.3) is 0 Å². The molecular weight excluding hydrogens is 414 g/mol. The average Bonchev–Trinajstić information content (AvgIpc) is 3.57. The van der Waals surface area contributed by atoms with E-state index in [-0.39, 0.29) is 5.91 Å². The third kappa shape index (κ3) is 5.26. The zero-order chi connectivity index (χ0) is 22.0. The number of aryl methyl sites for hydroxylation is 1. The Morgan fingerprint density at radius 1 is 1.23 bits per heavy atom. The SMILES string of the molecule is C=CC(=O)Nc1cc(Nc2ncc(Cl)c(NC3CC3)n2)c(C)cc1N1CCN(C)CC1. The molecule has 164 valence electrons. The van der Waals surface area contributed by atoms with Crippen LogP contribution in [0.3, 0.4) is 0 Å². The van der Waals surface area contributed by atoms with Gasteiger partial charge in [-0.1, -0.05) is 18.2 Å². The van der Waals surface area contributed by atoms with Gasteiger partial charge in [-0.05, 0) is 50.6 Å². The van der Waals surface area contributed by atoms with Gasteiger partial charge < -0.3 is 25.8 Å². The molecule has 2 aromatic rings. The topological polar surface area (TPSA) is 85.4 Å². The molecular formula is C22H28ClN7O. The molecule has 1 amide bonds. The number of benzene rings is 1. The van der Waals surface area contributed by atoms with E-state index in [1.807, 2.05) is 13.0 Å². The number of likely N-dealkylation sites (N-methyl/N-ethyl adjacent to an activating group) is 1. The number of nitrogens with zero attached hydrogens (tertiary/aromatic N) is 4. The van der Waals surface area contributed by atoms with E-state index in [1.165, 1.54) is 6.08 Å². The van der Waals surface area contributed by atoms with Crippen LogP contribution in [0.1, 0.15) is 18.4 Å². The van der Waals surface area contributed by atoms with Gasteiger partial charge in [-0.3, -0.25) is 4.79 Å². The largest absolute Gasteiger partial charge is 0.367 e. The van der Waals surface area contributed by atoms with Crippen molar-refractivity contribution in [1.29, 1.82) is 0 Å². The number of hydrogen-bond acceptors (Lipinski definition) is 7. The summed E-state index contributed by atoms with van der Waals surface area (Å²) in [6.45, 7) is 9.35. The summed E-state index contributed by atoms with van der Waals surface area (Å²) < 4.78 is 0. The Morgan fingerprint density at radius 2 is 1.97 bits per heavy atom. The number of carbonyl (C=O) groups excluding carboxylic acids is 1. The van der Waals surface area contributed by atoms with Crippen molar-refractivity contribution in [1.82, 2.24) is 14.9 Å². The molecule has 8 nitrogen and oxygen atoms in total. The van der Waals surface area contributed by atoms with Gasteiger partial charge in [0, 0.05) is 37.9 Å². The van der Waals surface area contributed by atoms with Crippen LogP contribution < -0.4 is 20.9 Å². The first-order chi connectivity index (χ1) is 14.9. The van der Waals surface area contributed by atoms with Crippen LogP contribution in [-0.2, 0) is 4.79 Å². The number of rotatable bonds is 7. The second-order valence-electron chi connectivity index (χ2n) is 8.10. The Kier molecular flexibility index (Phi) is 6.29. The third-order valence-corrected chi connectivity index (χ3v) is 5.82. The fourth-order valence-corrected chi connectivity index (χ4v) is 3.64. The highest BCUT2D eigenvalue weighted by atomic mass is 35.5. The second kappa shape index (κ2) is 9.11. The van der Waals surface area contributed by atoms with Crippen LogP contribution in [0, 0.1) is 6.92 Å². The highest BCUT2D eigenvalue weighted by Crippen LogP contribution is 2.35. The van der Waals surface area contributed by atoms with Crippen molar-refractivity contribution in [2.75, 3.05) is 54.1 Å². The van der Waals surface area contributed by atoms with Crippen LogP contribution in [0.5, 0.6) is 0 Å². The van der Waals surface area contributed by atoms with E-state index in [0.29, 0.717) is 22.8 Å². The fraction of sp³-hybridized carbons (Fsp3) is 0.409. The Bertz CT molecular complexity index is 984. The summed E-state index contributed by atoms with van der Waals surface area (Å²) in [4.78, 5) is 25.5. The predicted octanol–water partition coefficient (Wildman–Crippen LogP) is 3.63. The maximum Gasteiger partial charge on any atom is 0.247 e. The summed E-state index contributed by atoms with van der Waals surface area (Å²) in [6, 6.07) is 4.45.